The van der Waals surface area contributed by atoms with Crippen molar-refractivity contribution >= 4 is 22.9 Å². The van der Waals surface area contributed by atoms with E-state index in [0.29, 0.717) is 23.6 Å². The number of nitro benzene ring substituents is 1. The first kappa shape index (κ1) is 18.8. The van der Waals surface area contributed by atoms with E-state index in [4.69, 9.17) is 0 Å². The van der Waals surface area contributed by atoms with Crippen LogP contribution in [0.25, 0.3) is 16.3 Å². The number of aromatic nitrogens is 2. The average Bonchev–Trinajstić information content (AvgIpc) is 3.34. The molecular formula is C19H20N4O3S. The Morgan fingerprint density at radius 3 is 2.81 bits per heavy atom. The van der Waals surface area contributed by atoms with Crippen LogP contribution in [-0.2, 0) is 0 Å². The quantitative estimate of drug-likeness (QED) is 0.353. The first-order valence-corrected chi connectivity index (χ1v) is 9.65. The van der Waals surface area contributed by atoms with Gasteiger partial charge in [-0.3, -0.25) is 14.9 Å². The number of non-ortho nitro benzene ring substituents is 1. The van der Waals surface area contributed by atoms with E-state index < -0.39 is 4.92 Å². The number of hydrogen-bond donors (Lipinski definition) is 1. The van der Waals surface area contributed by atoms with Gasteiger partial charge in [-0.05, 0) is 30.0 Å². The van der Waals surface area contributed by atoms with Crippen LogP contribution in [0.4, 0.5) is 5.69 Å². The lowest BCUT2D eigenvalue weighted by Crippen LogP contribution is -2.26. The number of amides is 1. The van der Waals surface area contributed by atoms with Crippen LogP contribution in [0.3, 0.4) is 0 Å². The predicted molar refractivity (Wildman–Crippen MR) is 105 cm³/mol. The predicted octanol–water partition coefficient (Wildman–Crippen LogP) is 4.43. The van der Waals surface area contributed by atoms with Crippen molar-refractivity contribution < 1.29 is 9.72 Å². The molecule has 0 unspecified atom stereocenters. The molecule has 0 fully saturated rings. The lowest BCUT2D eigenvalue weighted by molar-refractivity contribution is -0.384. The fraction of sp³-hybridized carbons (Fsp3) is 0.263. The molecule has 0 atom stereocenters. The molecule has 0 aliphatic heterocycles. The highest BCUT2D eigenvalue weighted by Gasteiger charge is 2.19. The van der Waals surface area contributed by atoms with Crippen LogP contribution in [0.15, 0.2) is 47.8 Å². The molecule has 1 N–H and O–H groups in total. The number of thiophene rings is 1. The Morgan fingerprint density at radius 2 is 2.11 bits per heavy atom. The smallest absolute Gasteiger partial charge is 0.271 e. The maximum atomic E-state index is 12.7. The fourth-order valence-electron chi connectivity index (χ4n) is 2.69. The number of rotatable bonds is 8. The third kappa shape index (κ3) is 4.40. The number of carbonyl (C=O) groups is 1. The number of nitrogens with zero attached hydrogens (tertiary/aromatic N) is 3. The molecule has 27 heavy (non-hydrogen) atoms. The summed E-state index contributed by atoms with van der Waals surface area (Å²) in [5.41, 5.74) is 1.45. The van der Waals surface area contributed by atoms with Crippen molar-refractivity contribution in [2.45, 2.75) is 26.2 Å². The van der Waals surface area contributed by atoms with Crippen molar-refractivity contribution in [3.8, 4) is 16.3 Å². The van der Waals surface area contributed by atoms with Crippen LogP contribution in [-0.4, -0.2) is 27.2 Å². The Balaban J connectivity index is 1.97. The van der Waals surface area contributed by atoms with Crippen molar-refractivity contribution in [3.63, 3.8) is 0 Å². The normalized spacial score (nSPS) is 10.7. The molecule has 0 spiro atoms. The highest BCUT2D eigenvalue weighted by Crippen LogP contribution is 2.26. The maximum Gasteiger partial charge on any atom is 0.271 e. The Bertz CT molecular complexity index is 934. The third-order valence-electron chi connectivity index (χ3n) is 4.07. The summed E-state index contributed by atoms with van der Waals surface area (Å²) in [5.74, 6) is -0.243. The van der Waals surface area contributed by atoms with Gasteiger partial charge in [0.25, 0.3) is 11.6 Å². The molecule has 0 saturated heterocycles. The summed E-state index contributed by atoms with van der Waals surface area (Å²) in [7, 11) is 0. The summed E-state index contributed by atoms with van der Waals surface area (Å²) >= 11 is 1.52. The summed E-state index contributed by atoms with van der Waals surface area (Å²) in [4.78, 5) is 24.3. The summed E-state index contributed by atoms with van der Waals surface area (Å²) in [6.07, 6.45) is 3.03. The Hall–Kier alpha value is -3.00. The molecule has 2 aromatic heterocycles. The first-order valence-electron chi connectivity index (χ1n) is 8.77. The van der Waals surface area contributed by atoms with Crippen LogP contribution in [0, 0.1) is 10.1 Å². The first-order chi connectivity index (χ1) is 13.1. The molecule has 0 aliphatic rings. The third-order valence-corrected chi connectivity index (χ3v) is 4.96. The molecule has 3 rings (SSSR count). The van der Waals surface area contributed by atoms with Crippen molar-refractivity contribution in [3.05, 3.63) is 63.7 Å². The second kappa shape index (κ2) is 8.59. The minimum atomic E-state index is -0.461. The van der Waals surface area contributed by atoms with Gasteiger partial charge in [0.2, 0.25) is 0 Å². The van der Waals surface area contributed by atoms with Crippen molar-refractivity contribution in [1.29, 1.82) is 0 Å². The van der Waals surface area contributed by atoms with E-state index in [0.717, 1.165) is 24.1 Å². The van der Waals surface area contributed by atoms with Gasteiger partial charge in [0.05, 0.1) is 15.5 Å². The van der Waals surface area contributed by atoms with Gasteiger partial charge in [-0.1, -0.05) is 31.9 Å². The number of benzene rings is 1. The number of unbranched alkanes of at least 4 members (excludes halogenated alkanes) is 2. The van der Waals surface area contributed by atoms with Gasteiger partial charge in [0.1, 0.15) is 11.4 Å². The van der Waals surface area contributed by atoms with E-state index in [2.05, 4.69) is 17.3 Å². The van der Waals surface area contributed by atoms with Crippen molar-refractivity contribution in [2.75, 3.05) is 6.54 Å². The topological polar surface area (TPSA) is 90.1 Å². The molecule has 0 radical (unpaired) electrons. The zero-order valence-electron chi connectivity index (χ0n) is 14.9. The zero-order valence-corrected chi connectivity index (χ0v) is 15.7. The lowest BCUT2D eigenvalue weighted by atomic mass is 10.2. The summed E-state index contributed by atoms with van der Waals surface area (Å²) in [5, 5.41) is 20.5. The highest BCUT2D eigenvalue weighted by atomic mass is 32.1. The molecule has 0 bridgehead atoms. The van der Waals surface area contributed by atoms with Gasteiger partial charge < -0.3 is 5.32 Å². The fourth-order valence-corrected chi connectivity index (χ4v) is 3.37. The van der Waals surface area contributed by atoms with Gasteiger partial charge in [0, 0.05) is 18.7 Å². The second-order valence-electron chi connectivity index (χ2n) is 6.04. The van der Waals surface area contributed by atoms with E-state index in [1.807, 2.05) is 17.5 Å². The van der Waals surface area contributed by atoms with Gasteiger partial charge in [0.15, 0.2) is 0 Å². The van der Waals surface area contributed by atoms with Crippen LogP contribution < -0.4 is 5.32 Å². The van der Waals surface area contributed by atoms with E-state index in [1.165, 1.54) is 28.2 Å². The molecule has 0 saturated carbocycles. The Morgan fingerprint density at radius 1 is 1.26 bits per heavy atom. The molecule has 3 aromatic rings. The molecular weight excluding hydrogens is 364 g/mol. The van der Waals surface area contributed by atoms with E-state index >= 15 is 0 Å². The van der Waals surface area contributed by atoms with Gasteiger partial charge in [-0.2, -0.15) is 5.10 Å². The lowest BCUT2D eigenvalue weighted by Gasteiger charge is -2.08. The van der Waals surface area contributed by atoms with Gasteiger partial charge in [-0.25, -0.2) is 4.68 Å². The molecule has 0 aliphatic carbocycles. The standard InChI is InChI=1S/C19H20N4O3S/c1-2-3-4-10-20-19(24)17-13-16(18-9-6-11-27-18)21-22(17)14-7-5-8-15(12-14)23(25)26/h5-9,11-13H,2-4,10H2,1H3,(H,20,24). The highest BCUT2D eigenvalue weighted by molar-refractivity contribution is 7.13. The average molecular weight is 384 g/mol. The SMILES string of the molecule is CCCCCNC(=O)c1cc(-c2cccs2)nn1-c1cccc([N+](=O)[O-])c1. The van der Waals surface area contributed by atoms with Crippen LogP contribution in [0.1, 0.15) is 36.7 Å². The largest absolute Gasteiger partial charge is 0.351 e. The summed E-state index contributed by atoms with van der Waals surface area (Å²) < 4.78 is 1.47. The number of carbonyl (C=O) groups excluding carboxylic acids is 1. The van der Waals surface area contributed by atoms with E-state index in [1.54, 1.807) is 18.2 Å². The molecule has 1 aromatic carbocycles. The van der Waals surface area contributed by atoms with Crippen LogP contribution in [0.5, 0.6) is 0 Å². The summed E-state index contributed by atoms with van der Waals surface area (Å²) in [6.45, 7) is 2.69. The Labute approximate surface area is 160 Å². The minimum absolute atomic E-state index is 0.0463. The van der Waals surface area contributed by atoms with Crippen LogP contribution in [0.2, 0.25) is 0 Å². The van der Waals surface area contributed by atoms with Gasteiger partial charge >= 0.3 is 0 Å². The molecule has 2 heterocycles. The maximum absolute atomic E-state index is 12.7. The minimum Gasteiger partial charge on any atom is -0.351 e. The van der Waals surface area contributed by atoms with E-state index in [-0.39, 0.29) is 11.6 Å². The molecule has 140 valence electrons. The monoisotopic (exact) mass is 384 g/mol. The number of hydrogen-bond acceptors (Lipinski definition) is 5. The summed E-state index contributed by atoms with van der Waals surface area (Å²) in [6, 6.07) is 11.7. The van der Waals surface area contributed by atoms with Crippen molar-refractivity contribution in [2.24, 2.45) is 0 Å². The molecule has 1 amide bonds. The number of nitrogens with one attached hydrogen (secondary N) is 1. The van der Waals surface area contributed by atoms with Crippen molar-refractivity contribution in [1.82, 2.24) is 15.1 Å². The Kier molecular flexibility index (Phi) is 5.97. The molecule has 8 heteroatoms. The van der Waals surface area contributed by atoms with E-state index in [9.17, 15) is 14.9 Å². The zero-order chi connectivity index (χ0) is 19.2. The molecule has 7 nitrogen and oxygen atoms in total. The van der Waals surface area contributed by atoms with Gasteiger partial charge in [-0.15, -0.1) is 11.3 Å². The van der Waals surface area contributed by atoms with Crippen LogP contribution >= 0.6 is 11.3 Å². The number of nitro groups is 1. The second-order valence-corrected chi connectivity index (χ2v) is 6.99.